The van der Waals surface area contributed by atoms with Crippen molar-refractivity contribution in [2.75, 3.05) is 24.4 Å². The van der Waals surface area contributed by atoms with Gasteiger partial charge in [0, 0.05) is 18.7 Å². The maximum Gasteiger partial charge on any atom is 0.299 e. The van der Waals surface area contributed by atoms with Gasteiger partial charge in [-0.25, -0.2) is 0 Å². The fraction of sp³-hybridized carbons (Fsp3) is 0.278. The highest BCUT2D eigenvalue weighted by molar-refractivity contribution is 7.98. The van der Waals surface area contributed by atoms with Gasteiger partial charge in [0.2, 0.25) is 5.16 Å². The summed E-state index contributed by atoms with van der Waals surface area (Å²) >= 11 is 1.45. The Morgan fingerprint density at radius 1 is 1.00 bits per heavy atom. The molecule has 0 atom stereocenters. The van der Waals surface area contributed by atoms with E-state index in [1.807, 2.05) is 48.7 Å². The topological polar surface area (TPSA) is 51.0 Å². The Bertz CT molecular complexity index is 942. The summed E-state index contributed by atoms with van der Waals surface area (Å²) in [5.41, 5.74) is 1.16. The zero-order valence-electron chi connectivity index (χ0n) is 13.5. The van der Waals surface area contributed by atoms with E-state index in [2.05, 4.69) is 15.2 Å². The third-order valence-corrected chi connectivity index (χ3v) is 5.02. The van der Waals surface area contributed by atoms with Crippen LogP contribution in [0.5, 0.6) is 0 Å². The van der Waals surface area contributed by atoms with Gasteiger partial charge in [0.15, 0.2) is 5.69 Å². The molecule has 5 nitrogen and oxygen atoms in total. The van der Waals surface area contributed by atoms with Gasteiger partial charge in [0.25, 0.3) is 5.56 Å². The number of aromatic nitrogens is 3. The molecule has 1 fully saturated rings. The van der Waals surface area contributed by atoms with Crippen molar-refractivity contribution in [3.8, 4) is 11.3 Å². The summed E-state index contributed by atoms with van der Waals surface area (Å²) in [6.07, 6.45) is 4.13. The highest BCUT2D eigenvalue weighted by Gasteiger charge is 2.21. The fourth-order valence-electron chi connectivity index (χ4n) is 3.24. The smallest absolute Gasteiger partial charge is 0.299 e. The maximum atomic E-state index is 13.2. The van der Waals surface area contributed by atoms with E-state index in [0.717, 1.165) is 42.3 Å². The highest BCUT2D eigenvalue weighted by atomic mass is 32.2. The Hall–Kier alpha value is -2.34. The molecule has 1 aromatic heterocycles. The van der Waals surface area contributed by atoms with Crippen LogP contribution in [0.1, 0.15) is 12.8 Å². The standard InChI is InChI=1S/C18H18N4OS/c1-24-18-20-19-16(17(23)22(18)21-11-4-5-12-21)15-10-6-8-13-7-2-3-9-14(13)15/h2-3,6-10H,4-5,11-12H2,1H3. The largest absolute Gasteiger partial charge is 0.308 e. The Balaban J connectivity index is 1.95. The molecule has 1 aliphatic heterocycles. The molecule has 24 heavy (non-hydrogen) atoms. The van der Waals surface area contributed by atoms with E-state index in [4.69, 9.17) is 0 Å². The minimum absolute atomic E-state index is 0.0902. The lowest BCUT2D eigenvalue weighted by atomic mass is 10.0. The SMILES string of the molecule is CSc1nnc(-c2cccc3ccccc23)c(=O)n1N1CCCC1. The second-order valence-electron chi connectivity index (χ2n) is 5.84. The summed E-state index contributed by atoms with van der Waals surface area (Å²) < 4.78 is 1.71. The molecular formula is C18H18N4OS. The number of nitrogens with zero attached hydrogens (tertiary/aromatic N) is 4. The first kappa shape index (κ1) is 15.2. The van der Waals surface area contributed by atoms with E-state index in [-0.39, 0.29) is 5.56 Å². The van der Waals surface area contributed by atoms with Crippen LogP contribution in [-0.4, -0.2) is 34.2 Å². The molecule has 3 aromatic rings. The van der Waals surface area contributed by atoms with Crippen LogP contribution in [0.15, 0.2) is 52.4 Å². The van der Waals surface area contributed by atoms with Crippen LogP contribution in [0, 0.1) is 0 Å². The predicted octanol–water partition coefficient (Wildman–Crippen LogP) is 2.91. The van der Waals surface area contributed by atoms with Crippen molar-refractivity contribution in [2.24, 2.45) is 0 Å². The van der Waals surface area contributed by atoms with Crippen LogP contribution in [-0.2, 0) is 0 Å². The van der Waals surface area contributed by atoms with Crippen molar-refractivity contribution in [2.45, 2.75) is 18.0 Å². The molecule has 122 valence electrons. The average Bonchev–Trinajstić information content (AvgIpc) is 3.15. The van der Waals surface area contributed by atoms with Crippen LogP contribution in [0.4, 0.5) is 0 Å². The zero-order valence-corrected chi connectivity index (χ0v) is 14.3. The molecule has 1 saturated heterocycles. The molecule has 0 aliphatic carbocycles. The normalized spacial score (nSPS) is 14.5. The molecule has 0 saturated carbocycles. The Labute approximate surface area is 144 Å². The summed E-state index contributed by atoms with van der Waals surface area (Å²) in [5, 5.41) is 13.4. The van der Waals surface area contributed by atoms with Crippen LogP contribution in [0.2, 0.25) is 0 Å². The molecule has 4 rings (SSSR count). The molecule has 0 unspecified atom stereocenters. The maximum absolute atomic E-state index is 13.2. The van der Waals surface area contributed by atoms with Crippen LogP contribution < -0.4 is 10.6 Å². The van der Waals surface area contributed by atoms with Gasteiger partial charge in [0.05, 0.1) is 0 Å². The Morgan fingerprint density at radius 2 is 1.75 bits per heavy atom. The van der Waals surface area contributed by atoms with E-state index in [0.29, 0.717) is 10.9 Å². The Kier molecular flexibility index (Phi) is 3.98. The Morgan fingerprint density at radius 3 is 2.54 bits per heavy atom. The quantitative estimate of drug-likeness (QED) is 0.687. The molecule has 6 heteroatoms. The molecule has 1 aliphatic rings. The van der Waals surface area contributed by atoms with Crippen molar-refractivity contribution >= 4 is 22.5 Å². The lowest BCUT2D eigenvalue weighted by Crippen LogP contribution is -2.42. The summed E-state index contributed by atoms with van der Waals surface area (Å²) in [6.45, 7) is 1.77. The molecule has 2 heterocycles. The van der Waals surface area contributed by atoms with Crippen molar-refractivity contribution in [1.82, 2.24) is 14.9 Å². The molecule has 2 aromatic carbocycles. The van der Waals surface area contributed by atoms with E-state index in [1.54, 1.807) is 4.68 Å². The molecule has 0 bridgehead atoms. The van der Waals surface area contributed by atoms with Gasteiger partial charge in [-0.05, 0) is 29.9 Å². The lowest BCUT2D eigenvalue weighted by molar-refractivity contribution is 0.547. The van der Waals surface area contributed by atoms with Gasteiger partial charge in [-0.1, -0.05) is 54.2 Å². The lowest BCUT2D eigenvalue weighted by Gasteiger charge is -2.22. The van der Waals surface area contributed by atoms with E-state index >= 15 is 0 Å². The number of hydrogen-bond donors (Lipinski definition) is 0. The van der Waals surface area contributed by atoms with Gasteiger partial charge in [0.1, 0.15) is 0 Å². The molecule has 0 radical (unpaired) electrons. The number of thioether (sulfide) groups is 1. The summed E-state index contributed by atoms with van der Waals surface area (Å²) in [5.74, 6) is 0. The zero-order chi connectivity index (χ0) is 16.5. The minimum Gasteiger partial charge on any atom is -0.308 e. The van der Waals surface area contributed by atoms with Crippen molar-refractivity contribution in [1.29, 1.82) is 0 Å². The van der Waals surface area contributed by atoms with Crippen LogP contribution >= 0.6 is 11.8 Å². The molecule has 0 N–H and O–H groups in total. The van der Waals surface area contributed by atoms with E-state index < -0.39 is 0 Å². The number of fused-ring (bicyclic) bond motifs is 1. The van der Waals surface area contributed by atoms with E-state index in [1.165, 1.54) is 11.8 Å². The third kappa shape index (κ3) is 2.47. The van der Waals surface area contributed by atoms with Crippen molar-refractivity contribution in [3.63, 3.8) is 0 Å². The molecular weight excluding hydrogens is 320 g/mol. The predicted molar refractivity (Wildman–Crippen MR) is 98.2 cm³/mol. The summed E-state index contributed by atoms with van der Waals surface area (Å²) in [7, 11) is 0. The molecule has 0 spiro atoms. The van der Waals surface area contributed by atoms with E-state index in [9.17, 15) is 4.79 Å². The number of rotatable bonds is 3. The molecule has 0 amide bonds. The van der Waals surface area contributed by atoms with Crippen LogP contribution in [0.25, 0.3) is 22.0 Å². The van der Waals surface area contributed by atoms with Gasteiger partial charge >= 0.3 is 0 Å². The monoisotopic (exact) mass is 338 g/mol. The third-order valence-electron chi connectivity index (χ3n) is 4.40. The first-order valence-electron chi connectivity index (χ1n) is 8.06. The van der Waals surface area contributed by atoms with Crippen LogP contribution in [0.3, 0.4) is 0 Å². The first-order chi connectivity index (χ1) is 11.8. The second-order valence-corrected chi connectivity index (χ2v) is 6.61. The van der Waals surface area contributed by atoms with Crippen molar-refractivity contribution in [3.05, 3.63) is 52.8 Å². The fourth-order valence-corrected chi connectivity index (χ4v) is 3.74. The highest BCUT2D eigenvalue weighted by Crippen LogP contribution is 2.25. The minimum atomic E-state index is -0.0902. The number of benzene rings is 2. The van der Waals surface area contributed by atoms with Gasteiger partial charge in [-0.15, -0.1) is 10.2 Å². The number of hydrogen-bond acceptors (Lipinski definition) is 5. The second kappa shape index (κ2) is 6.28. The first-order valence-corrected chi connectivity index (χ1v) is 9.29. The average molecular weight is 338 g/mol. The summed E-state index contributed by atoms with van der Waals surface area (Å²) in [4.78, 5) is 13.2. The van der Waals surface area contributed by atoms with Gasteiger partial charge in [-0.3, -0.25) is 4.79 Å². The van der Waals surface area contributed by atoms with Gasteiger partial charge < -0.3 is 5.01 Å². The van der Waals surface area contributed by atoms with Gasteiger partial charge in [-0.2, -0.15) is 4.68 Å². The van der Waals surface area contributed by atoms with Crippen molar-refractivity contribution < 1.29 is 0 Å². The summed E-state index contributed by atoms with van der Waals surface area (Å²) in [6, 6.07) is 14.0.